The Morgan fingerprint density at radius 2 is 2.06 bits per heavy atom. The Bertz CT molecular complexity index is 514. The highest BCUT2D eigenvalue weighted by Crippen LogP contribution is 2.29. The Morgan fingerprint density at radius 1 is 1.31 bits per heavy atom. The van der Waals surface area contributed by atoms with Crippen molar-refractivity contribution in [3.05, 3.63) is 47.9 Å². The maximum Gasteiger partial charge on any atom is 0.137 e. The molecule has 0 amide bonds. The average molecular weight is 234 g/mol. The van der Waals surface area contributed by atoms with Crippen molar-refractivity contribution in [3.8, 4) is 0 Å². The van der Waals surface area contributed by atoms with E-state index >= 15 is 0 Å². The molecule has 4 heteroatoms. The molecule has 2 N–H and O–H groups in total. The quantitative estimate of drug-likeness (QED) is 0.866. The molecule has 1 heterocycles. The number of pyridine rings is 1. The van der Waals surface area contributed by atoms with Crippen molar-refractivity contribution in [2.45, 2.75) is 16.8 Å². The van der Waals surface area contributed by atoms with E-state index in [0.29, 0.717) is 10.6 Å². The monoisotopic (exact) mass is 234 g/mol. The smallest absolute Gasteiger partial charge is 0.137 e. The lowest BCUT2D eigenvalue weighted by atomic mass is 10.3. The van der Waals surface area contributed by atoms with Gasteiger partial charge in [-0.05, 0) is 30.7 Å². The van der Waals surface area contributed by atoms with Crippen LogP contribution in [0, 0.1) is 12.7 Å². The summed E-state index contributed by atoms with van der Waals surface area (Å²) in [4.78, 5) is 4.72. The summed E-state index contributed by atoms with van der Waals surface area (Å²) in [5.74, 6) is -0.233. The molecule has 0 aliphatic heterocycles. The topological polar surface area (TPSA) is 38.9 Å². The number of halogens is 1. The van der Waals surface area contributed by atoms with Crippen LogP contribution in [0.1, 0.15) is 5.56 Å². The molecule has 2 aromatic rings. The van der Waals surface area contributed by atoms with Crippen LogP contribution in [0.25, 0.3) is 0 Å². The van der Waals surface area contributed by atoms with Crippen molar-refractivity contribution in [2.75, 3.05) is 5.73 Å². The number of aryl methyl sites for hydroxylation is 1. The summed E-state index contributed by atoms with van der Waals surface area (Å²) in [5, 5.41) is 0.747. The Hall–Kier alpha value is -1.55. The number of hydrogen-bond acceptors (Lipinski definition) is 3. The summed E-state index contributed by atoms with van der Waals surface area (Å²) in [6.07, 6.45) is 1.60. The predicted molar refractivity (Wildman–Crippen MR) is 63.9 cm³/mol. The molecule has 82 valence electrons. The molecule has 1 aromatic heterocycles. The fourth-order valence-electron chi connectivity index (χ4n) is 1.24. The Labute approximate surface area is 97.7 Å². The molecule has 0 radical (unpaired) electrons. The molecule has 0 spiro atoms. The van der Waals surface area contributed by atoms with E-state index < -0.39 is 0 Å². The predicted octanol–water partition coefficient (Wildman–Crippen LogP) is 3.26. The summed E-state index contributed by atoms with van der Waals surface area (Å²) < 4.78 is 13.4. The average Bonchev–Trinajstić information content (AvgIpc) is 2.27. The maximum atomic E-state index is 13.4. The minimum absolute atomic E-state index is 0.233. The number of nitrogen functional groups attached to an aromatic ring is 1. The third-order valence-electron chi connectivity index (χ3n) is 2.18. The number of anilines is 1. The van der Waals surface area contributed by atoms with Crippen LogP contribution >= 0.6 is 11.8 Å². The van der Waals surface area contributed by atoms with E-state index in [0.717, 1.165) is 10.6 Å². The van der Waals surface area contributed by atoms with Crippen molar-refractivity contribution in [2.24, 2.45) is 0 Å². The first-order chi connectivity index (χ1) is 7.66. The molecule has 16 heavy (non-hydrogen) atoms. The SMILES string of the molecule is Cc1cc(Sc2ccccc2F)ncc1N. The molecule has 0 aliphatic rings. The number of aromatic nitrogens is 1. The highest BCUT2D eigenvalue weighted by molar-refractivity contribution is 7.99. The number of rotatable bonds is 2. The minimum Gasteiger partial charge on any atom is -0.397 e. The molecule has 0 aliphatic carbocycles. The Balaban J connectivity index is 2.28. The number of benzene rings is 1. The molecular weight excluding hydrogens is 223 g/mol. The van der Waals surface area contributed by atoms with Gasteiger partial charge in [-0.2, -0.15) is 0 Å². The second kappa shape index (κ2) is 4.53. The van der Waals surface area contributed by atoms with E-state index in [2.05, 4.69) is 4.98 Å². The van der Waals surface area contributed by atoms with Gasteiger partial charge in [-0.15, -0.1) is 0 Å². The Morgan fingerprint density at radius 3 is 2.75 bits per heavy atom. The van der Waals surface area contributed by atoms with Gasteiger partial charge in [0.1, 0.15) is 10.8 Å². The summed E-state index contributed by atoms with van der Waals surface area (Å²) in [5.41, 5.74) is 7.27. The molecule has 1 aromatic carbocycles. The van der Waals surface area contributed by atoms with Crippen LogP contribution in [0.15, 0.2) is 46.5 Å². The minimum atomic E-state index is -0.233. The molecule has 0 saturated heterocycles. The van der Waals surface area contributed by atoms with E-state index in [9.17, 15) is 4.39 Å². The summed E-state index contributed by atoms with van der Waals surface area (Å²) in [7, 11) is 0. The molecule has 0 unspecified atom stereocenters. The number of nitrogens with two attached hydrogens (primary N) is 1. The van der Waals surface area contributed by atoms with E-state index in [4.69, 9.17) is 5.73 Å². The van der Waals surface area contributed by atoms with Crippen molar-refractivity contribution in [3.63, 3.8) is 0 Å². The second-order valence-electron chi connectivity index (χ2n) is 3.41. The van der Waals surface area contributed by atoms with E-state index in [1.165, 1.54) is 17.8 Å². The van der Waals surface area contributed by atoms with Crippen LogP contribution in [0.4, 0.5) is 10.1 Å². The number of nitrogens with zero attached hydrogens (tertiary/aromatic N) is 1. The highest BCUT2D eigenvalue weighted by Gasteiger charge is 2.05. The van der Waals surface area contributed by atoms with Gasteiger partial charge in [-0.25, -0.2) is 9.37 Å². The maximum absolute atomic E-state index is 13.4. The molecule has 0 saturated carbocycles. The van der Waals surface area contributed by atoms with Gasteiger partial charge in [-0.3, -0.25) is 0 Å². The summed E-state index contributed by atoms with van der Waals surface area (Å²) in [6, 6.07) is 8.49. The van der Waals surface area contributed by atoms with Crippen molar-refractivity contribution in [1.29, 1.82) is 0 Å². The van der Waals surface area contributed by atoms with Crippen LogP contribution in [-0.4, -0.2) is 4.98 Å². The third kappa shape index (κ3) is 2.33. The molecule has 2 rings (SSSR count). The van der Waals surface area contributed by atoms with E-state index in [-0.39, 0.29) is 5.82 Å². The van der Waals surface area contributed by atoms with Gasteiger partial charge in [0, 0.05) is 4.90 Å². The van der Waals surface area contributed by atoms with Gasteiger partial charge in [0.2, 0.25) is 0 Å². The first-order valence-corrected chi connectivity index (χ1v) is 5.63. The lowest BCUT2D eigenvalue weighted by Crippen LogP contribution is -1.92. The molecule has 0 atom stereocenters. The molecule has 0 fully saturated rings. The second-order valence-corrected chi connectivity index (χ2v) is 4.47. The molecular formula is C12H11FN2S. The van der Waals surface area contributed by atoms with Crippen LogP contribution < -0.4 is 5.73 Å². The lowest BCUT2D eigenvalue weighted by Gasteiger charge is -2.04. The van der Waals surface area contributed by atoms with Gasteiger partial charge < -0.3 is 5.73 Å². The normalized spacial score (nSPS) is 10.4. The van der Waals surface area contributed by atoms with E-state index in [1.54, 1.807) is 24.4 Å². The zero-order valence-corrected chi connectivity index (χ0v) is 9.59. The van der Waals surface area contributed by atoms with Gasteiger partial charge in [-0.1, -0.05) is 23.9 Å². The van der Waals surface area contributed by atoms with Crippen molar-refractivity contribution >= 4 is 17.4 Å². The molecule has 0 bridgehead atoms. The zero-order chi connectivity index (χ0) is 11.5. The van der Waals surface area contributed by atoms with Crippen LogP contribution in [0.3, 0.4) is 0 Å². The van der Waals surface area contributed by atoms with Gasteiger partial charge in [0.25, 0.3) is 0 Å². The Kier molecular flexibility index (Phi) is 3.10. The van der Waals surface area contributed by atoms with Crippen LogP contribution in [-0.2, 0) is 0 Å². The standard InChI is InChI=1S/C12H11FN2S/c1-8-6-12(15-7-10(8)14)16-11-5-3-2-4-9(11)13/h2-7H,14H2,1H3. The lowest BCUT2D eigenvalue weighted by molar-refractivity contribution is 0.602. The van der Waals surface area contributed by atoms with Crippen molar-refractivity contribution in [1.82, 2.24) is 4.98 Å². The number of hydrogen-bond donors (Lipinski definition) is 1. The zero-order valence-electron chi connectivity index (χ0n) is 8.77. The summed E-state index contributed by atoms with van der Waals surface area (Å²) in [6.45, 7) is 1.91. The fraction of sp³-hybridized carbons (Fsp3) is 0.0833. The first-order valence-electron chi connectivity index (χ1n) is 4.81. The fourth-order valence-corrected chi connectivity index (χ4v) is 2.12. The van der Waals surface area contributed by atoms with Gasteiger partial charge in [0.15, 0.2) is 0 Å². The van der Waals surface area contributed by atoms with Gasteiger partial charge in [0.05, 0.1) is 11.9 Å². The highest BCUT2D eigenvalue weighted by atomic mass is 32.2. The molecule has 2 nitrogen and oxygen atoms in total. The van der Waals surface area contributed by atoms with Crippen LogP contribution in [0.2, 0.25) is 0 Å². The first kappa shape index (κ1) is 11.0. The van der Waals surface area contributed by atoms with Gasteiger partial charge >= 0.3 is 0 Å². The van der Waals surface area contributed by atoms with Crippen LogP contribution in [0.5, 0.6) is 0 Å². The third-order valence-corrected chi connectivity index (χ3v) is 3.16. The van der Waals surface area contributed by atoms with E-state index in [1.807, 2.05) is 13.0 Å². The largest absolute Gasteiger partial charge is 0.397 e. The summed E-state index contributed by atoms with van der Waals surface area (Å²) >= 11 is 1.30. The van der Waals surface area contributed by atoms with Crippen molar-refractivity contribution < 1.29 is 4.39 Å².